The maximum atomic E-state index is 12.0. The van der Waals surface area contributed by atoms with E-state index in [4.69, 9.17) is 9.47 Å². The molecule has 0 saturated heterocycles. The highest BCUT2D eigenvalue weighted by molar-refractivity contribution is 5.89. The minimum atomic E-state index is -0.269. The number of aryl methyl sites for hydroxylation is 1. The number of urea groups is 1. The Bertz CT molecular complexity index is 909. The average molecular weight is 377 g/mol. The number of hydrogen-bond donors (Lipinski definition) is 2. The topological polar surface area (TPSA) is 72.5 Å². The number of rotatable bonds is 7. The largest absolute Gasteiger partial charge is 0.490 e. The zero-order valence-corrected chi connectivity index (χ0v) is 15.9. The van der Waals surface area contributed by atoms with Crippen molar-refractivity contribution in [3.8, 4) is 17.4 Å². The van der Waals surface area contributed by atoms with Gasteiger partial charge >= 0.3 is 6.03 Å². The minimum Gasteiger partial charge on any atom is -0.490 e. The predicted molar refractivity (Wildman–Crippen MR) is 109 cm³/mol. The molecule has 0 bridgehead atoms. The van der Waals surface area contributed by atoms with Gasteiger partial charge in [-0.2, -0.15) is 0 Å². The van der Waals surface area contributed by atoms with Crippen molar-refractivity contribution in [3.63, 3.8) is 0 Å². The lowest BCUT2D eigenvalue weighted by molar-refractivity contribution is 0.251. The summed E-state index contributed by atoms with van der Waals surface area (Å²) in [5, 5.41) is 5.60. The summed E-state index contributed by atoms with van der Waals surface area (Å²) in [4.78, 5) is 16.3. The van der Waals surface area contributed by atoms with Gasteiger partial charge in [-0.25, -0.2) is 9.78 Å². The number of benzene rings is 2. The molecule has 0 aliphatic carbocycles. The Morgan fingerprint density at radius 2 is 1.75 bits per heavy atom. The van der Waals surface area contributed by atoms with Crippen molar-refractivity contribution in [2.24, 2.45) is 0 Å². The van der Waals surface area contributed by atoms with Crippen LogP contribution in [0.25, 0.3) is 0 Å². The summed E-state index contributed by atoms with van der Waals surface area (Å²) in [6.07, 6.45) is 1.67. The number of nitrogens with zero attached hydrogens (tertiary/aromatic N) is 1. The molecule has 0 unspecified atom stereocenters. The average Bonchev–Trinajstić information content (AvgIpc) is 2.71. The molecule has 1 aromatic heterocycles. The number of aromatic nitrogens is 1. The number of ether oxygens (including phenoxy) is 2. The number of para-hydroxylation sites is 2. The summed E-state index contributed by atoms with van der Waals surface area (Å²) in [7, 11) is 0. The van der Waals surface area contributed by atoms with Gasteiger partial charge in [-0.15, -0.1) is 0 Å². The number of carbonyl (C=O) groups excluding carboxylic acids is 1. The van der Waals surface area contributed by atoms with E-state index in [2.05, 4.69) is 15.6 Å². The van der Waals surface area contributed by atoms with Crippen LogP contribution < -0.4 is 20.1 Å². The highest BCUT2D eigenvalue weighted by atomic mass is 16.5. The highest BCUT2D eigenvalue weighted by Gasteiger charge is 2.07. The molecule has 0 fully saturated rings. The predicted octanol–water partition coefficient (Wildman–Crippen LogP) is 4.90. The van der Waals surface area contributed by atoms with Gasteiger partial charge in [-0.1, -0.05) is 35.9 Å². The van der Waals surface area contributed by atoms with Crippen LogP contribution >= 0.6 is 0 Å². The molecule has 1 heterocycles. The van der Waals surface area contributed by atoms with Crippen LogP contribution in [0.2, 0.25) is 0 Å². The minimum absolute atomic E-state index is 0.269. The monoisotopic (exact) mass is 377 g/mol. The Morgan fingerprint density at radius 1 is 1.00 bits per heavy atom. The van der Waals surface area contributed by atoms with Crippen molar-refractivity contribution in [1.29, 1.82) is 0 Å². The third kappa shape index (κ3) is 5.48. The molecule has 3 rings (SSSR count). The van der Waals surface area contributed by atoms with Gasteiger partial charge in [-0.3, -0.25) is 0 Å². The van der Waals surface area contributed by atoms with Crippen LogP contribution in [0, 0.1) is 6.92 Å². The van der Waals surface area contributed by atoms with Crippen LogP contribution in [0.4, 0.5) is 10.5 Å². The molecule has 0 aliphatic heterocycles. The third-order valence-corrected chi connectivity index (χ3v) is 3.92. The van der Waals surface area contributed by atoms with E-state index in [1.54, 1.807) is 12.3 Å². The Morgan fingerprint density at radius 3 is 2.43 bits per heavy atom. The number of amides is 2. The van der Waals surface area contributed by atoms with Crippen LogP contribution in [0.1, 0.15) is 18.1 Å². The van der Waals surface area contributed by atoms with Crippen molar-refractivity contribution in [1.82, 2.24) is 10.3 Å². The first kappa shape index (κ1) is 19.2. The molecule has 2 amide bonds. The smallest absolute Gasteiger partial charge is 0.319 e. The van der Waals surface area contributed by atoms with Crippen molar-refractivity contribution in [2.45, 2.75) is 20.4 Å². The normalized spacial score (nSPS) is 10.2. The maximum absolute atomic E-state index is 12.0. The summed E-state index contributed by atoms with van der Waals surface area (Å²) in [6, 6.07) is 18.4. The number of pyridine rings is 1. The van der Waals surface area contributed by atoms with Crippen LogP contribution in [0.5, 0.6) is 17.4 Å². The van der Waals surface area contributed by atoms with E-state index in [1.165, 1.54) is 0 Å². The molecule has 6 heteroatoms. The maximum Gasteiger partial charge on any atom is 0.319 e. The first-order chi connectivity index (χ1) is 13.6. The van der Waals surface area contributed by atoms with Gasteiger partial charge < -0.3 is 20.1 Å². The number of carbonyl (C=O) groups is 1. The second-order valence-electron chi connectivity index (χ2n) is 6.16. The first-order valence-electron chi connectivity index (χ1n) is 9.10. The van der Waals surface area contributed by atoms with E-state index < -0.39 is 0 Å². The van der Waals surface area contributed by atoms with Gasteiger partial charge in [-0.05, 0) is 43.7 Å². The fourth-order valence-corrected chi connectivity index (χ4v) is 2.49. The molecule has 0 atom stereocenters. The number of anilines is 1. The molecule has 3 aromatic rings. The van der Waals surface area contributed by atoms with Gasteiger partial charge in [0.25, 0.3) is 0 Å². The van der Waals surface area contributed by atoms with Gasteiger partial charge in [0.1, 0.15) is 0 Å². The zero-order valence-electron chi connectivity index (χ0n) is 15.9. The molecular formula is C22H23N3O3. The van der Waals surface area contributed by atoms with Gasteiger partial charge in [0, 0.05) is 24.5 Å². The van der Waals surface area contributed by atoms with Crippen LogP contribution in [0.15, 0.2) is 66.9 Å². The first-order valence-corrected chi connectivity index (χ1v) is 9.10. The molecule has 0 spiro atoms. The lowest BCUT2D eigenvalue weighted by atomic mass is 10.2. The molecule has 28 heavy (non-hydrogen) atoms. The fraction of sp³-hybridized carbons (Fsp3) is 0.182. The van der Waals surface area contributed by atoms with Crippen LogP contribution in [0.3, 0.4) is 0 Å². The lowest BCUT2D eigenvalue weighted by Crippen LogP contribution is -2.28. The number of nitrogens with one attached hydrogen (secondary N) is 2. The number of hydrogen-bond acceptors (Lipinski definition) is 4. The fourth-order valence-electron chi connectivity index (χ4n) is 2.49. The summed E-state index contributed by atoms with van der Waals surface area (Å²) in [6.45, 7) is 4.84. The molecule has 6 nitrogen and oxygen atoms in total. The molecule has 0 saturated carbocycles. The Labute approximate surface area is 164 Å². The summed E-state index contributed by atoms with van der Waals surface area (Å²) < 4.78 is 11.3. The quantitative estimate of drug-likeness (QED) is 0.614. The lowest BCUT2D eigenvalue weighted by Gasteiger charge is -2.11. The van der Waals surface area contributed by atoms with Crippen LogP contribution in [-0.2, 0) is 6.54 Å². The van der Waals surface area contributed by atoms with Crippen molar-refractivity contribution in [2.75, 3.05) is 11.9 Å². The van der Waals surface area contributed by atoms with Crippen LogP contribution in [-0.4, -0.2) is 17.6 Å². The van der Waals surface area contributed by atoms with Gasteiger partial charge in [0.05, 0.1) is 6.61 Å². The molecule has 144 valence electrons. The SMILES string of the molecule is CCOc1ccccc1Oc1ccc(CNC(=O)Nc2ccc(C)cc2)cn1. The van der Waals surface area contributed by atoms with Crippen molar-refractivity contribution in [3.05, 3.63) is 78.0 Å². The van der Waals surface area contributed by atoms with Gasteiger partial charge in [0.15, 0.2) is 11.5 Å². The molecule has 2 aromatic carbocycles. The van der Waals surface area contributed by atoms with Crippen molar-refractivity contribution < 1.29 is 14.3 Å². The van der Waals surface area contributed by atoms with E-state index in [-0.39, 0.29) is 6.03 Å². The van der Waals surface area contributed by atoms with Gasteiger partial charge in [0.2, 0.25) is 5.88 Å². The zero-order chi connectivity index (χ0) is 19.8. The highest BCUT2D eigenvalue weighted by Crippen LogP contribution is 2.30. The molecule has 0 aliphatic rings. The van der Waals surface area contributed by atoms with E-state index in [1.807, 2.05) is 68.4 Å². The molecular weight excluding hydrogens is 354 g/mol. The van der Waals surface area contributed by atoms with E-state index in [0.717, 1.165) is 16.8 Å². The third-order valence-electron chi connectivity index (χ3n) is 3.92. The molecule has 2 N–H and O–H groups in total. The molecule has 0 radical (unpaired) electrons. The van der Waals surface area contributed by atoms with E-state index in [9.17, 15) is 4.79 Å². The Balaban J connectivity index is 1.53. The van der Waals surface area contributed by atoms with E-state index >= 15 is 0 Å². The summed E-state index contributed by atoms with van der Waals surface area (Å²) in [5.74, 6) is 1.74. The second kappa shape index (κ2) is 9.41. The van der Waals surface area contributed by atoms with E-state index in [0.29, 0.717) is 30.5 Å². The Hall–Kier alpha value is -3.54. The Kier molecular flexibility index (Phi) is 6.46. The second-order valence-corrected chi connectivity index (χ2v) is 6.16. The van der Waals surface area contributed by atoms with Crippen molar-refractivity contribution >= 4 is 11.7 Å². The summed E-state index contributed by atoms with van der Waals surface area (Å²) >= 11 is 0. The standard InChI is InChI=1S/C22H23N3O3/c1-3-27-19-6-4-5-7-20(19)28-21-13-10-17(14-23-21)15-24-22(26)25-18-11-8-16(2)9-12-18/h4-14H,3,15H2,1-2H3,(H2,24,25,26). The summed E-state index contributed by atoms with van der Waals surface area (Å²) in [5.41, 5.74) is 2.76.